The van der Waals surface area contributed by atoms with Crippen molar-refractivity contribution in [3.63, 3.8) is 0 Å². The fraction of sp³-hybridized carbons (Fsp3) is 0.889. The van der Waals surface area contributed by atoms with Crippen LogP contribution < -0.4 is 5.32 Å². The molecule has 1 rings (SSSR count). The summed E-state index contributed by atoms with van der Waals surface area (Å²) in [7, 11) is 0. The second-order valence-corrected chi connectivity index (χ2v) is 5.14. The molecule has 0 bridgehead atoms. The van der Waals surface area contributed by atoms with Gasteiger partial charge in [0.1, 0.15) is 0 Å². The van der Waals surface area contributed by atoms with Crippen LogP contribution in [0.4, 0.5) is 13.2 Å². The second kappa shape index (κ2) is 5.27. The molecule has 0 spiro atoms. The van der Waals surface area contributed by atoms with E-state index in [0.29, 0.717) is 6.67 Å². The van der Waals surface area contributed by atoms with E-state index in [9.17, 15) is 18.0 Å². The average Bonchev–Trinajstić information content (AvgIpc) is 2.46. The molecule has 0 radical (unpaired) electrons. The quantitative estimate of drug-likeness (QED) is 0.830. The summed E-state index contributed by atoms with van der Waals surface area (Å²) in [5.74, 6) is -0.0487. The molecule has 1 fully saturated rings. The van der Waals surface area contributed by atoms with Crippen molar-refractivity contribution in [2.45, 2.75) is 25.4 Å². The summed E-state index contributed by atoms with van der Waals surface area (Å²) in [6.45, 7) is 4.30. The smallest absolute Gasteiger partial charge is 0.328 e. The van der Waals surface area contributed by atoms with Gasteiger partial charge in [-0.3, -0.25) is 10.1 Å². The van der Waals surface area contributed by atoms with Gasteiger partial charge in [-0.15, -0.1) is 0 Å². The zero-order valence-corrected chi connectivity index (χ0v) is 9.99. The molecule has 94 valence electrons. The lowest BCUT2D eigenvalue weighted by atomic mass is 10.1. The van der Waals surface area contributed by atoms with Gasteiger partial charge in [0.25, 0.3) is 0 Å². The number of amides is 1. The van der Waals surface area contributed by atoms with E-state index in [2.05, 4.69) is 5.32 Å². The number of carbonyl (C=O) groups is 1. The molecule has 1 unspecified atom stereocenters. The van der Waals surface area contributed by atoms with Crippen LogP contribution in [0.25, 0.3) is 0 Å². The zero-order chi connectivity index (χ0) is 12.3. The van der Waals surface area contributed by atoms with Gasteiger partial charge in [0, 0.05) is 12.3 Å². The molecule has 0 aromatic carbocycles. The molecule has 0 aromatic rings. The fourth-order valence-electron chi connectivity index (χ4n) is 1.55. The Kier molecular flexibility index (Phi) is 4.49. The van der Waals surface area contributed by atoms with E-state index in [0.717, 1.165) is 0 Å². The minimum absolute atomic E-state index is 0.0896. The van der Waals surface area contributed by atoms with Crippen molar-refractivity contribution in [2.75, 3.05) is 19.0 Å². The van der Waals surface area contributed by atoms with Crippen molar-refractivity contribution < 1.29 is 18.0 Å². The van der Waals surface area contributed by atoms with Crippen molar-refractivity contribution in [2.24, 2.45) is 5.92 Å². The predicted molar refractivity (Wildman–Crippen MR) is 56.9 cm³/mol. The van der Waals surface area contributed by atoms with Crippen LogP contribution in [-0.4, -0.2) is 41.3 Å². The predicted octanol–water partition coefficient (Wildman–Crippen LogP) is 1.65. The highest BCUT2D eigenvalue weighted by Gasteiger charge is 2.34. The molecule has 16 heavy (non-hydrogen) atoms. The van der Waals surface area contributed by atoms with Crippen LogP contribution in [0.2, 0.25) is 0 Å². The van der Waals surface area contributed by atoms with Crippen LogP contribution in [-0.2, 0) is 4.79 Å². The van der Waals surface area contributed by atoms with Crippen molar-refractivity contribution in [3.05, 3.63) is 0 Å². The number of nitrogens with one attached hydrogen (secondary N) is 1. The lowest BCUT2D eigenvalue weighted by molar-refractivity contribution is -0.129. The largest absolute Gasteiger partial charge is 0.441 e. The maximum absolute atomic E-state index is 11.9. The molecule has 1 aliphatic heterocycles. The van der Waals surface area contributed by atoms with E-state index in [4.69, 9.17) is 0 Å². The highest BCUT2D eigenvalue weighted by Crippen LogP contribution is 2.30. The van der Waals surface area contributed by atoms with Gasteiger partial charge in [-0.05, 0) is 17.7 Å². The third-order valence-corrected chi connectivity index (χ3v) is 3.09. The van der Waals surface area contributed by atoms with Crippen molar-refractivity contribution in [1.29, 1.82) is 0 Å². The van der Waals surface area contributed by atoms with Crippen LogP contribution in [0, 0.1) is 5.92 Å². The normalized spacial score (nSPS) is 22.2. The lowest BCUT2D eigenvalue weighted by Crippen LogP contribution is -2.35. The number of hydrogen-bond acceptors (Lipinski definition) is 3. The number of halogens is 3. The van der Waals surface area contributed by atoms with Crippen LogP contribution in [0.5, 0.6) is 0 Å². The molecule has 0 aliphatic carbocycles. The summed E-state index contributed by atoms with van der Waals surface area (Å²) in [5.41, 5.74) is -4.21. The van der Waals surface area contributed by atoms with E-state index in [1.165, 1.54) is 4.90 Å². The number of rotatable bonds is 4. The third-order valence-electron chi connectivity index (χ3n) is 2.37. The maximum Gasteiger partial charge on any atom is 0.441 e. The first kappa shape index (κ1) is 13.6. The van der Waals surface area contributed by atoms with Gasteiger partial charge < -0.3 is 4.90 Å². The highest BCUT2D eigenvalue weighted by molar-refractivity contribution is 8.00. The molecular weight excluding hydrogens is 241 g/mol. The van der Waals surface area contributed by atoms with Crippen LogP contribution in [0.15, 0.2) is 0 Å². The summed E-state index contributed by atoms with van der Waals surface area (Å²) in [6, 6.07) is -0.254. The topological polar surface area (TPSA) is 32.3 Å². The monoisotopic (exact) mass is 256 g/mol. The summed E-state index contributed by atoms with van der Waals surface area (Å²) >= 11 is -0.0896. The minimum Gasteiger partial charge on any atom is -0.328 e. The molecule has 0 saturated carbocycles. The molecule has 0 aromatic heterocycles. The van der Waals surface area contributed by atoms with Gasteiger partial charge >= 0.3 is 5.51 Å². The second-order valence-electron chi connectivity index (χ2n) is 3.98. The number of thioether (sulfide) groups is 1. The molecule has 1 heterocycles. The highest BCUT2D eigenvalue weighted by atomic mass is 32.2. The molecular formula is C9H15F3N2OS. The Labute approximate surface area is 96.7 Å². The van der Waals surface area contributed by atoms with Crippen molar-refractivity contribution >= 4 is 17.7 Å². The van der Waals surface area contributed by atoms with Gasteiger partial charge in [0.15, 0.2) is 0 Å². The first-order valence-corrected chi connectivity index (χ1v) is 6.02. The summed E-state index contributed by atoms with van der Waals surface area (Å²) in [5, 5.41) is 2.99. The Morgan fingerprint density at radius 3 is 2.62 bits per heavy atom. The van der Waals surface area contributed by atoms with Gasteiger partial charge in [-0.25, -0.2) is 0 Å². The molecule has 1 amide bonds. The standard InChI is InChI=1S/C9H15F3N2OS/c1-6(2)7-8(15)14(5-13-7)3-4-16-9(10,11)12/h6-7,13H,3-5H2,1-2H3. The molecule has 1 saturated heterocycles. The van der Waals surface area contributed by atoms with Crippen LogP contribution >= 0.6 is 11.8 Å². The minimum atomic E-state index is -4.21. The Balaban J connectivity index is 2.32. The first-order chi connectivity index (χ1) is 7.31. The molecule has 1 atom stereocenters. The van der Waals surface area contributed by atoms with Crippen LogP contribution in [0.1, 0.15) is 13.8 Å². The first-order valence-electron chi connectivity index (χ1n) is 5.04. The van der Waals surface area contributed by atoms with E-state index in [1.807, 2.05) is 13.8 Å². The number of nitrogens with zero attached hydrogens (tertiary/aromatic N) is 1. The van der Waals surface area contributed by atoms with E-state index in [1.54, 1.807) is 0 Å². The van der Waals surface area contributed by atoms with Crippen molar-refractivity contribution in [1.82, 2.24) is 10.2 Å². The number of carbonyl (C=O) groups excluding carboxylic acids is 1. The number of alkyl halides is 3. The molecule has 3 nitrogen and oxygen atoms in total. The molecule has 1 N–H and O–H groups in total. The summed E-state index contributed by atoms with van der Waals surface area (Å²) < 4.78 is 35.6. The number of hydrogen-bond donors (Lipinski definition) is 1. The van der Waals surface area contributed by atoms with Crippen molar-refractivity contribution in [3.8, 4) is 0 Å². The van der Waals surface area contributed by atoms with Crippen LogP contribution in [0.3, 0.4) is 0 Å². The maximum atomic E-state index is 11.9. The Morgan fingerprint density at radius 1 is 1.56 bits per heavy atom. The SMILES string of the molecule is CC(C)C1NCN(CCSC(F)(F)F)C1=O. The summed E-state index contributed by atoms with van der Waals surface area (Å²) in [6.07, 6.45) is 0. The lowest BCUT2D eigenvalue weighted by Gasteiger charge is -2.16. The van der Waals surface area contributed by atoms with Gasteiger partial charge in [-0.1, -0.05) is 13.8 Å². The third kappa shape index (κ3) is 3.86. The Hall–Kier alpha value is -0.430. The Morgan fingerprint density at radius 2 is 2.19 bits per heavy atom. The molecule has 1 aliphatic rings. The van der Waals surface area contributed by atoms with Gasteiger partial charge in [0.05, 0.1) is 12.7 Å². The van der Waals surface area contributed by atoms with E-state index >= 15 is 0 Å². The summed E-state index contributed by atoms with van der Waals surface area (Å²) in [4.78, 5) is 13.1. The van der Waals surface area contributed by atoms with E-state index < -0.39 is 5.51 Å². The van der Waals surface area contributed by atoms with Gasteiger partial charge in [-0.2, -0.15) is 13.2 Å². The molecule has 7 heteroatoms. The zero-order valence-electron chi connectivity index (χ0n) is 9.17. The average molecular weight is 256 g/mol. The van der Waals surface area contributed by atoms with Gasteiger partial charge in [0.2, 0.25) is 5.91 Å². The van der Waals surface area contributed by atoms with E-state index in [-0.39, 0.29) is 41.9 Å². The fourth-order valence-corrected chi connectivity index (χ4v) is 2.10. The Bertz CT molecular complexity index is 258.